The molecular formula is C15H28O2. The minimum atomic E-state index is 0.408. The van der Waals surface area contributed by atoms with Gasteiger partial charge in [0.1, 0.15) is 11.5 Å². The molecule has 0 heterocycles. The van der Waals surface area contributed by atoms with Crippen molar-refractivity contribution in [2.24, 2.45) is 0 Å². The second-order valence-corrected chi connectivity index (χ2v) is 3.23. The molecule has 1 rings (SSSR count). The average Bonchev–Trinajstić information content (AvgIpc) is 2.42. The molecule has 0 saturated heterocycles. The van der Waals surface area contributed by atoms with Crippen molar-refractivity contribution in [2.75, 3.05) is 14.2 Å². The molecule has 0 aliphatic heterocycles. The predicted octanol–water partition coefficient (Wildman–Crippen LogP) is 4.88. The number of hydrogen-bond acceptors (Lipinski definition) is 2. The van der Waals surface area contributed by atoms with Gasteiger partial charge in [0.15, 0.2) is 0 Å². The van der Waals surface area contributed by atoms with E-state index in [4.69, 9.17) is 9.47 Å². The number of methoxy groups -OCH3 is 2. The Morgan fingerprint density at radius 3 is 1.41 bits per heavy atom. The fraction of sp³-hybridized carbons (Fsp3) is 0.600. The number of rotatable bonds is 3. The molecule has 0 fully saturated rings. The van der Waals surface area contributed by atoms with Crippen LogP contribution in [0.15, 0.2) is 18.2 Å². The Bertz CT molecular complexity index is 258. The van der Waals surface area contributed by atoms with Crippen LogP contribution >= 0.6 is 0 Å². The van der Waals surface area contributed by atoms with Crippen LogP contribution in [0.5, 0.6) is 11.5 Å². The second-order valence-electron chi connectivity index (χ2n) is 3.23. The molecule has 0 spiro atoms. The van der Waals surface area contributed by atoms with E-state index in [0.29, 0.717) is 5.92 Å². The first-order valence-electron chi connectivity index (χ1n) is 6.41. The lowest BCUT2D eigenvalue weighted by Gasteiger charge is -2.15. The minimum Gasteiger partial charge on any atom is -0.496 e. The van der Waals surface area contributed by atoms with Gasteiger partial charge in [-0.3, -0.25) is 0 Å². The lowest BCUT2D eigenvalue weighted by molar-refractivity contribution is 0.382. The largest absolute Gasteiger partial charge is 0.496 e. The van der Waals surface area contributed by atoms with Gasteiger partial charge in [-0.15, -0.1) is 0 Å². The van der Waals surface area contributed by atoms with E-state index in [-0.39, 0.29) is 0 Å². The summed E-state index contributed by atoms with van der Waals surface area (Å²) in [5, 5.41) is 0. The van der Waals surface area contributed by atoms with Crippen molar-refractivity contribution in [3.05, 3.63) is 23.8 Å². The van der Waals surface area contributed by atoms with Gasteiger partial charge in [0.25, 0.3) is 0 Å². The maximum atomic E-state index is 5.27. The highest BCUT2D eigenvalue weighted by Crippen LogP contribution is 2.34. The van der Waals surface area contributed by atoms with Crippen molar-refractivity contribution in [2.45, 2.75) is 47.5 Å². The fourth-order valence-corrected chi connectivity index (χ4v) is 1.45. The summed E-state index contributed by atoms with van der Waals surface area (Å²) in [6.45, 7) is 12.3. The zero-order valence-electron chi connectivity index (χ0n) is 12.6. The maximum absolute atomic E-state index is 5.27. The van der Waals surface area contributed by atoms with E-state index in [1.54, 1.807) is 14.2 Å². The Morgan fingerprint density at radius 2 is 1.18 bits per heavy atom. The molecule has 0 saturated carbocycles. The summed E-state index contributed by atoms with van der Waals surface area (Å²) in [6, 6.07) is 5.85. The van der Waals surface area contributed by atoms with E-state index in [1.165, 1.54) is 0 Å². The van der Waals surface area contributed by atoms with E-state index < -0.39 is 0 Å². The Balaban J connectivity index is 0. The van der Waals surface area contributed by atoms with E-state index in [2.05, 4.69) is 13.8 Å². The smallest absolute Gasteiger partial charge is 0.126 e. The van der Waals surface area contributed by atoms with Crippen molar-refractivity contribution in [1.29, 1.82) is 0 Å². The summed E-state index contributed by atoms with van der Waals surface area (Å²) in [4.78, 5) is 0. The van der Waals surface area contributed by atoms with E-state index >= 15 is 0 Å². The highest BCUT2D eigenvalue weighted by Gasteiger charge is 2.12. The molecule has 0 unspecified atom stereocenters. The third kappa shape index (κ3) is 5.62. The zero-order valence-corrected chi connectivity index (χ0v) is 12.6. The second kappa shape index (κ2) is 11.3. The Morgan fingerprint density at radius 1 is 0.824 bits per heavy atom. The number of benzene rings is 1. The highest BCUT2D eigenvalue weighted by molar-refractivity contribution is 5.46. The van der Waals surface area contributed by atoms with Crippen molar-refractivity contribution in [3.63, 3.8) is 0 Å². The van der Waals surface area contributed by atoms with Crippen LogP contribution < -0.4 is 9.47 Å². The summed E-state index contributed by atoms with van der Waals surface area (Å²) in [7, 11) is 3.36. The van der Waals surface area contributed by atoms with E-state index in [9.17, 15) is 0 Å². The highest BCUT2D eigenvalue weighted by atomic mass is 16.5. The number of hydrogen-bond donors (Lipinski definition) is 0. The summed E-state index contributed by atoms with van der Waals surface area (Å²) in [6.07, 6.45) is 0. The topological polar surface area (TPSA) is 18.5 Å². The Hall–Kier alpha value is -1.18. The van der Waals surface area contributed by atoms with Crippen molar-refractivity contribution >= 4 is 0 Å². The Labute approximate surface area is 107 Å². The average molecular weight is 240 g/mol. The SMILES string of the molecule is CC.CC.COc1cccc(OC)c1C(C)C. The Kier molecular flexibility index (Phi) is 12.1. The monoisotopic (exact) mass is 240 g/mol. The maximum Gasteiger partial charge on any atom is 0.126 e. The van der Waals surface area contributed by atoms with Gasteiger partial charge in [0, 0.05) is 5.56 Å². The van der Waals surface area contributed by atoms with Gasteiger partial charge in [-0.1, -0.05) is 47.6 Å². The van der Waals surface area contributed by atoms with Crippen LogP contribution in [-0.2, 0) is 0 Å². The lowest BCUT2D eigenvalue weighted by atomic mass is 10.0. The van der Waals surface area contributed by atoms with Crippen molar-refractivity contribution in [1.82, 2.24) is 0 Å². The summed E-state index contributed by atoms with van der Waals surface area (Å²) in [5.41, 5.74) is 1.13. The molecule has 1 aromatic carbocycles. The molecule has 0 N–H and O–H groups in total. The predicted molar refractivity (Wildman–Crippen MR) is 76.3 cm³/mol. The molecule has 1 aromatic rings. The third-order valence-electron chi connectivity index (χ3n) is 2.04. The first kappa shape index (κ1) is 18.2. The molecule has 0 radical (unpaired) electrons. The van der Waals surface area contributed by atoms with Gasteiger partial charge in [-0.25, -0.2) is 0 Å². The summed E-state index contributed by atoms with van der Waals surface area (Å²) >= 11 is 0. The molecule has 0 bridgehead atoms. The molecule has 0 atom stereocenters. The molecule has 100 valence electrons. The molecule has 0 aliphatic carbocycles. The zero-order chi connectivity index (χ0) is 13.8. The quantitative estimate of drug-likeness (QED) is 0.749. The summed E-state index contributed by atoms with van der Waals surface area (Å²) < 4.78 is 10.5. The van der Waals surface area contributed by atoms with Crippen LogP contribution in [0, 0.1) is 0 Å². The van der Waals surface area contributed by atoms with Gasteiger partial charge < -0.3 is 9.47 Å². The molecule has 2 nitrogen and oxygen atoms in total. The molecule has 0 aliphatic rings. The van der Waals surface area contributed by atoms with Crippen LogP contribution in [0.4, 0.5) is 0 Å². The van der Waals surface area contributed by atoms with Gasteiger partial charge in [0.2, 0.25) is 0 Å². The van der Waals surface area contributed by atoms with Gasteiger partial charge in [-0.2, -0.15) is 0 Å². The first-order chi connectivity index (χ1) is 8.20. The molecular weight excluding hydrogens is 212 g/mol. The summed E-state index contributed by atoms with van der Waals surface area (Å²) in [5.74, 6) is 2.20. The molecule has 0 amide bonds. The molecule has 2 heteroatoms. The van der Waals surface area contributed by atoms with Gasteiger partial charge in [0.05, 0.1) is 14.2 Å². The van der Waals surface area contributed by atoms with Crippen LogP contribution in [0.25, 0.3) is 0 Å². The molecule has 0 aromatic heterocycles. The van der Waals surface area contributed by atoms with Crippen molar-refractivity contribution in [3.8, 4) is 11.5 Å². The normalized spacial score (nSPS) is 8.53. The van der Waals surface area contributed by atoms with Gasteiger partial charge in [-0.05, 0) is 18.1 Å². The number of ether oxygens (including phenoxy) is 2. The van der Waals surface area contributed by atoms with Crippen molar-refractivity contribution < 1.29 is 9.47 Å². The van der Waals surface area contributed by atoms with Gasteiger partial charge >= 0.3 is 0 Å². The van der Waals surface area contributed by atoms with Crippen LogP contribution in [-0.4, -0.2) is 14.2 Å². The van der Waals surface area contributed by atoms with Crippen LogP contribution in [0.3, 0.4) is 0 Å². The molecule has 17 heavy (non-hydrogen) atoms. The standard InChI is InChI=1S/C11H16O2.2C2H6/c1-8(2)11-9(12-3)6-5-7-10(11)13-4;2*1-2/h5-8H,1-4H3;2*1-2H3. The third-order valence-corrected chi connectivity index (χ3v) is 2.04. The minimum absolute atomic E-state index is 0.408. The fourth-order valence-electron chi connectivity index (χ4n) is 1.45. The van der Waals surface area contributed by atoms with E-state index in [0.717, 1.165) is 17.1 Å². The first-order valence-corrected chi connectivity index (χ1v) is 6.41. The van der Waals surface area contributed by atoms with Crippen LogP contribution in [0.1, 0.15) is 53.0 Å². The van der Waals surface area contributed by atoms with Crippen LogP contribution in [0.2, 0.25) is 0 Å². The van der Waals surface area contributed by atoms with E-state index in [1.807, 2.05) is 45.9 Å². The lowest BCUT2D eigenvalue weighted by Crippen LogP contribution is -1.98.